The topological polar surface area (TPSA) is 41.1 Å². The van der Waals surface area contributed by atoms with Gasteiger partial charge in [-0.2, -0.15) is 18.2 Å². The summed E-state index contributed by atoms with van der Waals surface area (Å²) in [4.78, 5) is 10.7. The number of halogens is 4. The summed E-state index contributed by atoms with van der Waals surface area (Å²) >= 11 is 6.01. The first-order valence-electron chi connectivity index (χ1n) is 8.07. The van der Waals surface area contributed by atoms with Crippen LogP contribution in [0.5, 0.6) is 0 Å². The maximum atomic E-state index is 12.9. The molecule has 0 saturated heterocycles. The molecule has 0 bridgehead atoms. The van der Waals surface area contributed by atoms with Crippen molar-refractivity contribution < 1.29 is 13.2 Å². The van der Waals surface area contributed by atoms with Crippen LogP contribution in [0.2, 0.25) is 5.02 Å². The Morgan fingerprint density at radius 1 is 1.12 bits per heavy atom. The van der Waals surface area contributed by atoms with Crippen LogP contribution < -0.4 is 10.2 Å². The standard InChI is InChI=1S/C17H20ClF3N4/c1-3-9-25(10-4-2)16-22-8-7-15(24-16)23-14-11-12(17(19,20)21)5-6-13(14)18/h5-8,11H,3-4,9-10H2,1-2H3,(H,22,23,24). The van der Waals surface area contributed by atoms with E-state index in [9.17, 15) is 13.2 Å². The Kier molecular flexibility index (Phi) is 6.47. The van der Waals surface area contributed by atoms with Crippen molar-refractivity contribution in [3.05, 3.63) is 41.0 Å². The molecule has 0 aliphatic rings. The molecular weight excluding hydrogens is 353 g/mol. The highest BCUT2D eigenvalue weighted by Crippen LogP contribution is 2.34. The highest BCUT2D eigenvalue weighted by molar-refractivity contribution is 6.33. The van der Waals surface area contributed by atoms with Gasteiger partial charge in [0, 0.05) is 19.3 Å². The molecule has 2 aromatic rings. The number of alkyl halides is 3. The molecule has 0 atom stereocenters. The second-order valence-corrected chi connectivity index (χ2v) is 5.95. The molecule has 0 amide bonds. The first-order chi connectivity index (χ1) is 11.8. The average molecular weight is 373 g/mol. The van der Waals surface area contributed by atoms with Gasteiger partial charge in [-0.25, -0.2) is 4.98 Å². The fourth-order valence-corrected chi connectivity index (χ4v) is 2.52. The summed E-state index contributed by atoms with van der Waals surface area (Å²) in [6.45, 7) is 5.74. The van der Waals surface area contributed by atoms with E-state index < -0.39 is 11.7 Å². The van der Waals surface area contributed by atoms with Crippen LogP contribution in [0.4, 0.5) is 30.6 Å². The zero-order chi connectivity index (χ0) is 18.4. The number of anilines is 3. The van der Waals surface area contributed by atoms with Gasteiger partial charge < -0.3 is 10.2 Å². The van der Waals surface area contributed by atoms with Gasteiger partial charge in [0.15, 0.2) is 0 Å². The monoisotopic (exact) mass is 372 g/mol. The number of nitrogens with one attached hydrogen (secondary N) is 1. The van der Waals surface area contributed by atoms with Crippen molar-refractivity contribution in [2.75, 3.05) is 23.3 Å². The zero-order valence-corrected chi connectivity index (χ0v) is 14.8. The number of nitrogens with zero attached hydrogens (tertiary/aromatic N) is 3. The van der Waals surface area contributed by atoms with Gasteiger partial charge in [-0.1, -0.05) is 25.4 Å². The van der Waals surface area contributed by atoms with Crippen LogP contribution in [0.25, 0.3) is 0 Å². The maximum Gasteiger partial charge on any atom is 0.416 e. The number of benzene rings is 1. The number of rotatable bonds is 7. The van der Waals surface area contributed by atoms with E-state index in [4.69, 9.17) is 11.6 Å². The molecule has 8 heteroatoms. The Labute approximate surface area is 150 Å². The Hall–Kier alpha value is -2.02. The third-order valence-corrected chi connectivity index (χ3v) is 3.80. The van der Waals surface area contributed by atoms with Crippen molar-refractivity contribution >= 4 is 29.1 Å². The lowest BCUT2D eigenvalue weighted by Crippen LogP contribution is -2.27. The molecule has 0 aliphatic heterocycles. The molecule has 0 spiro atoms. The molecule has 1 heterocycles. The third kappa shape index (κ3) is 5.22. The molecular formula is C17H20ClF3N4. The quantitative estimate of drug-likeness (QED) is 0.694. The second kappa shape index (κ2) is 8.38. The van der Waals surface area contributed by atoms with Crippen LogP contribution in [-0.4, -0.2) is 23.1 Å². The van der Waals surface area contributed by atoms with Crippen LogP contribution in [0.15, 0.2) is 30.5 Å². The van der Waals surface area contributed by atoms with Gasteiger partial charge in [0.1, 0.15) is 5.82 Å². The highest BCUT2D eigenvalue weighted by Gasteiger charge is 2.31. The predicted octanol–water partition coefficient (Wildman–Crippen LogP) is 5.52. The van der Waals surface area contributed by atoms with E-state index in [1.54, 1.807) is 12.3 Å². The van der Waals surface area contributed by atoms with Crippen molar-refractivity contribution in [3.8, 4) is 0 Å². The van der Waals surface area contributed by atoms with Crippen LogP contribution in [0.3, 0.4) is 0 Å². The van der Waals surface area contributed by atoms with Gasteiger partial charge in [-0.15, -0.1) is 0 Å². The average Bonchev–Trinajstić information content (AvgIpc) is 2.56. The molecule has 0 unspecified atom stereocenters. The number of aromatic nitrogens is 2. The molecule has 25 heavy (non-hydrogen) atoms. The summed E-state index contributed by atoms with van der Waals surface area (Å²) in [5, 5.41) is 3.04. The van der Waals surface area contributed by atoms with E-state index >= 15 is 0 Å². The first kappa shape index (κ1) is 19.3. The van der Waals surface area contributed by atoms with E-state index in [1.807, 2.05) is 4.90 Å². The lowest BCUT2D eigenvalue weighted by Gasteiger charge is -2.21. The summed E-state index contributed by atoms with van der Waals surface area (Å²) in [6, 6.07) is 4.73. The smallest absolute Gasteiger partial charge is 0.341 e. The summed E-state index contributed by atoms with van der Waals surface area (Å²) in [7, 11) is 0. The lowest BCUT2D eigenvalue weighted by molar-refractivity contribution is -0.137. The third-order valence-electron chi connectivity index (χ3n) is 3.47. The fraction of sp³-hybridized carbons (Fsp3) is 0.412. The minimum atomic E-state index is -4.43. The Morgan fingerprint density at radius 2 is 1.80 bits per heavy atom. The van der Waals surface area contributed by atoms with Gasteiger partial charge in [0.25, 0.3) is 0 Å². The predicted molar refractivity (Wildman–Crippen MR) is 94.6 cm³/mol. The largest absolute Gasteiger partial charge is 0.416 e. The molecule has 136 valence electrons. The van der Waals surface area contributed by atoms with Gasteiger partial charge in [0.05, 0.1) is 16.3 Å². The van der Waals surface area contributed by atoms with E-state index in [1.165, 1.54) is 6.07 Å². The summed E-state index contributed by atoms with van der Waals surface area (Å²) < 4.78 is 38.6. The Morgan fingerprint density at radius 3 is 2.40 bits per heavy atom. The minimum Gasteiger partial charge on any atom is -0.341 e. The Bertz CT molecular complexity index is 701. The van der Waals surface area contributed by atoms with Crippen LogP contribution in [0, 0.1) is 0 Å². The van der Waals surface area contributed by atoms with Crippen LogP contribution in [0.1, 0.15) is 32.3 Å². The number of hydrogen-bond acceptors (Lipinski definition) is 4. The SMILES string of the molecule is CCCN(CCC)c1nccc(Nc2cc(C(F)(F)F)ccc2Cl)n1. The van der Waals surface area contributed by atoms with Crippen molar-refractivity contribution in [1.29, 1.82) is 0 Å². The van der Waals surface area contributed by atoms with Gasteiger partial charge in [0.2, 0.25) is 5.95 Å². The van der Waals surface area contributed by atoms with Crippen LogP contribution in [-0.2, 0) is 6.18 Å². The van der Waals surface area contributed by atoms with Gasteiger partial charge in [-0.05, 0) is 37.1 Å². The summed E-state index contributed by atoms with van der Waals surface area (Å²) in [5.74, 6) is 0.931. The van der Waals surface area contributed by atoms with Crippen molar-refractivity contribution in [2.24, 2.45) is 0 Å². The minimum absolute atomic E-state index is 0.152. The molecule has 0 saturated carbocycles. The molecule has 2 rings (SSSR count). The molecule has 0 radical (unpaired) electrons. The number of hydrogen-bond donors (Lipinski definition) is 1. The Balaban J connectivity index is 2.27. The highest BCUT2D eigenvalue weighted by atomic mass is 35.5. The van der Waals surface area contributed by atoms with E-state index in [0.29, 0.717) is 11.8 Å². The van der Waals surface area contributed by atoms with E-state index in [0.717, 1.165) is 38.1 Å². The summed E-state index contributed by atoms with van der Waals surface area (Å²) in [6.07, 6.45) is -0.970. The normalized spacial score (nSPS) is 11.4. The van der Waals surface area contributed by atoms with Gasteiger partial charge >= 0.3 is 6.18 Å². The molecule has 1 aromatic carbocycles. The van der Waals surface area contributed by atoms with Crippen LogP contribution >= 0.6 is 11.6 Å². The molecule has 4 nitrogen and oxygen atoms in total. The molecule has 1 N–H and O–H groups in total. The van der Waals surface area contributed by atoms with Crippen molar-refractivity contribution in [1.82, 2.24) is 9.97 Å². The summed E-state index contributed by atoms with van der Waals surface area (Å²) in [5.41, 5.74) is -0.619. The fourth-order valence-electron chi connectivity index (χ4n) is 2.36. The van der Waals surface area contributed by atoms with E-state index in [2.05, 4.69) is 29.1 Å². The zero-order valence-electron chi connectivity index (χ0n) is 14.1. The van der Waals surface area contributed by atoms with E-state index in [-0.39, 0.29) is 10.7 Å². The van der Waals surface area contributed by atoms with Crippen molar-refractivity contribution in [2.45, 2.75) is 32.9 Å². The van der Waals surface area contributed by atoms with Gasteiger partial charge in [-0.3, -0.25) is 0 Å². The molecule has 0 aliphatic carbocycles. The second-order valence-electron chi connectivity index (χ2n) is 5.55. The molecule has 0 fully saturated rings. The maximum absolute atomic E-state index is 12.9. The lowest BCUT2D eigenvalue weighted by atomic mass is 10.2. The van der Waals surface area contributed by atoms with Crippen molar-refractivity contribution in [3.63, 3.8) is 0 Å². The first-order valence-corrected chi connectivity index (χ1v) is 8.44. The molecule has 1 aromatic heterocycles.